The zero-order valence-electron chi connectivity index (χ0n) is 10.3. The van der Waals surface area contributed by atoms with Crippen molar-refractivity contribution in [3.8, 4) is 0 Å². The molecule has 3 N–H and O–H groups in total. The lowest BCUT2D eigenvalue weighted by Crippen LogP contribution is -2.42. The number of amides is 1. The van der Waals surface area contributed by atoms with Gasteiger partial charge in [-0.3, -0.25) is 4.79 Å². The van der Waals surface area contributed by atoms with Gasteiger partial charge in [-0.1, -0.05) is 13.3 Å². The maximum Gasteiger partial charge on any atom is 0.354 e. The molecule has 1 fully saturated rings. The maximum atomic E-state index is 11.9. The Morgan fingerprint density at radius 2 is 2.28 bits per heavy atom. The van der Waals surface area contributed by atoms with Gasteiger partial charge in [-0.15, -0.1) is 0 Å². The van der Waals surface area contributed by atoms with Gasteiger partial charge in [0.1, 0.15) is 0 Å². The summed E-state index contributed by atoms with van der Waals surface area (Å²) in [4.78, 5) is 29.0. The van der Waals surface area contributed by atoms with Crippen molar-refractivity contribution >= 4 is 11.9 Å². The molecule has 1 aliphatic rings. The molecule has 6 heteroatoms. The van der Waals surface area contributed by atoms with Gasteiger partial charge >= 0.3 is 5.97 Å². The molecule has 0 spiro atoms. The highest BCUT2D eigenvalue weighted by Gasteiger charge is 2.35. The normalized spacial score (nSPS) is 16.9. The number of aromatic nitrogens is 2. The topological polar surface area (TPSA) is 95.1 Å². The van der Waals surface area contributed by atoms with Crippen molar-refractivity contribution in [1.82, 2.24) is 15.3 Å². The van der Waals surface area contributed by atoms with Crippen molar-refractivity contribution in [3.63, 3.8) is 0 Å². The van der Waals surface area contributed by atoms with Gasteiger partial charge in [0.2, 0.25) is 0 Å². The fourth-order valence-corrected chi connectivity index (χ4v) is 2.31. The quantitative estimate of drug-likeness (QED) is 0.737. The Hall–Kier alpha value is -1.85. The zero-order chi connectivity index (χ0) is 13.2. The van der Waals surface area contributed by atoms with Crippen LogP contribution in [-0.2, 0) is 0 Å². The summed E-state index contributed by atoms with van der Waals surface area (Å²) >= 11 is 0. The van der Waals surface area contributed by atoms with E-state index in [9.17, 15) is 9.59 Å². The molecule has 1 saturated carbocycles. The molecule has 1 aromatic rings. The molecule has 1 aliphatic carbocycles. The molecule has 1 heterocycles. The lowest BCUT2D eigenvalue weighted by molar-refractivity contribution is 0.0682. The van der Waals surface area contributed by atoms with E-state index in [1.54, 1.807) is 0 Å². The number of carboxylic acid groups (broad SMARTS) is 1. The van der Waals surface area contributed by atoms with Gasteiger partial charge in [0, 0.05) is 6.54 Å². The van der Waals surface area contributed by atoms with E-state index in [0.717, 1.165) is 19.3 Å². The van der Waals surface area contributed by atoms with Crippen LogP contribution in [0, 0.1) is 5.41 Å². The fraction of sp³-hybridized carbons (Fsp3) is 0.583. The summed E-state index contributed by atoms with van der Waals surface area (Å²) in [6.07, 6.45) is 5.69. The summed E-state index contributed by atoms with van der Waals surface area (Å²) in [7, 11) is 0. The molecule has 6 nitrogen and oxygen atoms in total. The van der Waals surface area contributed by atoms with Crippen LogP contribution in [0.15, 0.2) is 6.33 Å². The molecule has 0 unspecified atom stereocenters. The van der Waals surface area contributed by atoms with Gasteiger partial charge in [0.25, 0.3) is 5.91 Å². The number of nitrogens with one attached hydrogen (secondary N) is 2. The van der Waals surface area contributed by atoms with Crippen LogP contribution >= 0.6 is 0 Å². The molecule has 0 radical (unpaired) electrons. The van der Waals surface area contributed by atoms with E-state index >= 15 is 0 Å². The van der Waals surface area contributed by atoms with Gasteiger partial charge < -0.3 is 15.4 Å². The van der Waals surface area contributed by atoms with Gasteiger partial charge in [-0.05, 0) is 24.7 Å². The number of carbonyl (C=O) groups excluding carboxylic acids is 1. The Morgan fingerprint density at radius 3 is 2.78 bits per heavy atom. The van der Waals surface area contributed by atoms with Crippen LogP contribution in [0.2, 0.25) is 0 Å². The van der Waals surface area contributed by atoms with Crippen molar-refractivity contribution in [1.29, 1.82) is 0 Å². The lowest BCUT2D eigenvalue weighted by Gasteiger charge is -2.41. The van der Waals surface area contributed by atoms with E-state index in [-0.39, 0.29) is 16.8 Å². The van der Waals surface area contributed by atoms with Gasteiger partial charge in [-0.2, -0.15) is 0 Å². The lowest BCUT2D eigenvalue weighted by atomic mass is 9.67. The molecule has 0 bridgehead atoms. The molecular formula is C12H17N3O3. The number of H-pyrrole nitrogens is 1. The van der Waals surface area contributed by atoms with Gasteiger partial charge in [0.05, 0.1) is 6.33 Å². The number of imidazole rings is 1. The summed E-state index contributed by atoms with van der Waals surface area (Å²) < 4.78 is 0. The SMILES string of the molecule is CCC1(CNC(=O)c2nc[nH]c2C(=O)O)CCC1. The number of hydrogen-bond donors (Lipinski definition) is 3. The second kappa shape index (κ2) is 4.80. The highest BCUT2D eigenvalue weighted by molar-refractivity contribution is 6.02. The minimum Gasteiger partial charge on any atom is -0.477 e. The molecule has 2 rings (SSSR count). The van der Waals surface area contributed by atoms with Crippen molar-refractivity contribution in [2.24, 2.45) is 5.41 Å². The number of aromatic carboxylic acids is 1. The van der Waals surface area contributed by atoms with Crippen LogP contribution in [0.4, 0.5) is 0 Å². The third-order valence-electron chi connectivity index (χ3n) is 3.86. The van der Waals surface area contributed by atoms with Gasteiger partial charge in [0.15, 0.2) is 11.4 Å². The molecule has 0 aromatic carbocycles. The van der Waals surface area contributed by atoms with Crippen LogP contribution in [0.25, 0.3) is 0 Å². The molecule has 0 saturated heterocycles. The monoisotopic (exact) mass is 251 g/mol. The molecule has 18 heavy (non-hydrogen) atoms. The summed E-state index contributed by atoms with van der Waals surface area (Å²) in [5.41, 5.74) is -0.00485. The third kappa shape index (κ3) is 2.23. The Labute approximate surface area is 105 Å². The minimum absolute atomic E-state index is 0.0481. The zero-order valence-corrected chi connectivity index (χ0v) is 10.3. The van der Waals surface area contributed by atoms with Crippen molar-refractivity contribution in [2.75, 3.05) is 6.54 Å². The van der Waals surface area contributed by atoms with Crippen LogP contribution in [0.5, 0.6) is 0 Å². The third-order valence-corrected chi connectivity index (χ3v) is 3.86. The number of carboxylic acids is 1. The van der Waals surface area contributed by atoms with E-state index in [2.05, 4.69) is 22.2 Å². The smallest absolute Gasteiger partial charge is 0.354 e. The molecule has 0 atom stereocenters. The Morgan fingerprint density at radius 1 is 1.56 bits per heavy atom. The Bertz CT molecular complexity index is 457. The summed E-state index contributed by atoms with van der Waals surface area (Å²) in [6.45, 7) is 2.71. The van der Waals surface area contributed by atoms with Crippen molar-refractivity contribution in [2.45, 2.75) is 32.6 Å². The number of nitrogens with zero attached hydrogens (tertiary/aromatic N) is 1. The largest absolute Gasteiger partial charge is 0.477 e. The van der Waals surface area contributed by atoms with E-state index in [1.807, 2.05) is 0 Å². The van der Waals surface area contributed by atoms with E-state index in [1.165, 1.54) is 12.7 Å². The molecule has 1 aromatic heterocycles. The minimum atomic E-state index is -1.17. The van der Waals surface area contributed by atoms with Gasteiger partial charge in [-0.25, -0.2) is 9.78 Å². The number of aromatic amines is 1. The molecule has 0 aliphatic heterocycles. The first-order valence-corrected chi connectivity index (χ1v) is 6.13. The average Bonchev–Trinajstić information content (AvgIpc) is 2.76. The second-order valence-electron chi connectivity index (χ2n) is 4.82. The number of carbonyl (C=O) groups is 2. The highest BCUT2D eigenvalue weighted by atomic mass is 16.4. The maximum absolute atomic E-state index is 11.9. The number of hydrogen-bond acceptors (Lipinski definition) is 3. The van der Waals surface area contributed by atoms with Crippen LogP contribution in [0.3, 0.4) is 0 Å². The van der Waals surface area contributed by atoms with E-state index < -0.39 is 11.9 Å². The summed E-state index contributed by atoms with van der Waals surface area (Å²) in [5, 5.41) is 11.7. The first-order valence-electron chi connectivity index (χ1n) is 6.13. The van der Waals surface area contributed by atoms with E-state index in [4.69, 9.17) is 5.11 Å². The van der Waals surface area contributed by atoms with Crippen LogP contribution in [0.1, 0.15) is 53.6 Å². The standard InChI is InChI=1S/C12H17N3O3/c1-2-12(4-3-5-12)6-13-10(16)8-9(11(17)18)15-7-14-8/h7H,2-6H2,1H3,(H,13,16)(H,14,15)(H,17,18). The van der Waals surface area contributed by atoms with E-state index in [0.29, 0.717) is 6.54 Å². The highest BCUT2D eigenvalue weighted by Crippen LogP contribution is 2.43. The first-order chi connectivity index (χ1) is 8.58. The number of rotatable bonds is 5. The Balaban J connectivity index is 1.99. The molecule has 1 amide bonds. The summed E-state index contributed by atoms with van der Waals surface area (Å²) in [5.74, 6) is -1.60. The molecule has 98 valence electrons. The van der Waals surface area contributed by atoms with Crippen molar-refractivity contribution < 1.29 is 14.7 Å². The second-order valence-corrected chi connectivity index (χ2v) is 4.82. The van der Waals surface area contributed by atoms with Crippen LogP contribution < -0.4 is 5.32 Å². The van der Waals surface area contributed by atoms with Crippen molar-refractivity contribution in [3.05, 3.63) is 17.7 Å². The first kappa shape index (κ1) is 12.6. The Kier molecular flexibility index (Phi) is 3.36. The summed E-state index contributed by atoms with van der Waals surface area (Å²) in [6, 6.07) is 0. The predicted molar refractivity (Wildman–Crippen MR) is 64.5 cm³/mol. The molecular weight excluding hydrogens is 234 g/mol. The predicted octanol–water partition coefficient (Wildman–Crippen LogP) is 1.42. The van der Waals surface area contributed by atoms with Crippen LogP contribution in [-0.4, -0.2) is 33.5 Å². The fourth-order valence-electron chi connectivity index (χ4n) is 2.31. The average molecular weight is 251 g/mol.